The van der Waals surface area contributed by atoms with Crippen LogP contribution in [0, 0.1) is 5.41 Å². The van der Waals surface area contributed by atoms with Gasteiger partial charge in [-0.3, -0.25) is 4.99 Å². The maximum atomic E-state index is 5.92. The molecule has 1 spiro atoms. The van der Waals surface area contributed by atoms with E-state index in [1.165, 1.54) is 19.3 Å². The summed E-state index contributed by atoms with van der Waals surface area (Å²) in [7, 11) is 0. The van der Waals surface area contributed by atoms with Gasteiger partial charge >= 0.3 is 0 Å². The van der Waals surface area contributed by atoms with Gasteiger partial charge in [0.25, 0.3) is 0 Å². The summed E-state index contributed by atoms with van der Waals surface area (Å²) in [6, 6.07) is 0.516. The highest BCUT2D eigenvalue weighted by Gasteiger charge is 2.59. The second-order valence-corrected chi connectivity index (χ2v) is 6.27. The number of guanidine groups is 1. The molecule has 2 fully saturated rings. The van der Waals surface area contributed by atoms with E-state index in [9.17, 15) is 0 Å². The minimum absolute atomic E-state index is 0.373. The molecule has 2 aliphatic carbocycles. The molecule has 2 aliphatic rings. The Morgan fingerprint density at radius 2 is 2.05 bits per heavy atom. The molecule has 2 saturated carbocycles. The molecule has 0 radical (unpaired) electrons. The molecule has 5 nitrogen and oxygen atoms in total. The first-order valence-corrected chi connectivity index (χ1v) is 9.01. The molecule has 0 aromatic heterocycles. The summed E-state index contributed by atoms with van der Waals surface area (Å²) in [5, 5.41) is 7.01. The van der Waals surface area contributed by atoms with Gasteiger partial charge in [-0.15, -0.1) is 0 Å². The van der Waals surface area contributed by atoms with Crippen LogP contribution in [0.4, 0.5) is 0 Å². The van der Waals surface area contributed by atoms with Crippen LogP contribution in [0.5, 0.6) is 0 Å². The van der Waals surface area contributed by atoms with Crippen LogP contribution >= 0.6 is 0 Å². The molecule has 2 unspecified atom stereocenters. The lowest BCUT2D eigenvalue weighted by molar-refractivity contribution is -0.168. The second kappa shape index (κ2) is 8.73. The van der Waals surface area contributed by atoms with Crippen molar-refractivity contribution in [1.29, 1.82) is 0 Å². The monoisotopic (exact) mass is 311 g/mol. The standard InChI is InChI=1S/C17H33N3O2/c1-4-18-16(19-11-8-12-21-5-2)20-14-13-15(22-6-3)17(14)9-7-10-17/h14-15H,4-13H2,1-3H3,(H2,18,19,20). The third kappa shape index (κ3) is 3.93. The summed E-state index contributed by atoms with van der Waals surface area (Å²) in [6.45, 7) is 10.3. The van der Waals surface area contributed by atoms with Crippen molar-refractivity contribution in [2.45, 2.75) is 65.0 Å². The topological polar surface area (TPSA) is 54.9 Å². The Hall–Kier alpha value is -0.810. The molecular weight excluding hydrogens is 278 g/mol. The van der Waals surface area contributed by atoms with Gasteiger partial charge in [-0.2, -0.15) is 0 Å². The molecular formula is C17H33N3O2. The molecule has 0 saturated heterocycles. The Labute approximate surface area is 135 Å². The zero-order valence-corrected chi connectivity index (χ0v) is 14.5. The molecule has 2 N–H and O–H groups in total. The molecule has 128 valence electrons. The highest BCUT2D eigenvalue weighted by atomic mass is 16.5. The van der Waals surface area contributed by atoms with Gasteiger partial charge in [-0.1, -0.05) is 6.42 Å². The Bertz CT molecular complexity index is 356. The van der Waals surface area contributed by atoms with Crippen LogP contribution in [0.15, 0.2) is 4.99 Å². The van der Waals surface area contributed by atoms with Gasteiger partial charge in [-0.25, -0.2) is 0 Å². The molecule has 0 aromatic rings. The number of hydrogen-bond donors (Lipinski definition) is 2. The molecule has 2 atom stereocenters. The third-order valence-corrected chi connectivity index (χ3v) is 5.01. The minimum atomic E-state index is 0.373. The zero-order valence-electron chi connectivity index (χ0n) is 14.5. The molecule has 0 aliphatic heterocycles. The fourth-order valence-corrected chi connectivity index (χ4v) is 3.63. The molecule has 0 bridgehead atoms. The second-order valence-electron chi connectivity index (χ2n) is 6.27. The lowest BCUT2D eigenvalue weighted by Gasteiger charge is -2.61. The Kier molecular flexibility index (Phi) is 6.96. The number of rotatable bonds is 9. The van der Waals surface area contributed by atoms with Gasteiger partial charge in [0.2, 0.25) is 0 Å². The van der Waals surface area contributed by atoms with Gasteiger partial charge in [0.15, 0.2) is 5.96 Å². The Morgan fingerprint density at radius 3 is 2.64 bits per heavy atom. The van der Waals surface area contributed by atoms with E-state index in [1.54, 1.807) is 0 Å². The summed E-state index contributed by atoms with van der Waals surface area (Å²) in [5.74, 6) is 0.949. The predicted octanol–water partition coefficient (Wildman–Crippen LogP) is 2.32. The minimum Gasteiger partial charge on any atom is -0.382 e. The molecule has 22 heavy (non-hydrogen) atoms. The number of nitrogens with zero attached hydrogens (tertiary/aromatic N) is 1. The van der Waals surface area contributed by atoms with Crippen molar-refractivity contribution in [1.82, 2.24) is 10.6 Å². The number of ether oxygens (including phenoxy) is 2. The molecule has 0 amide bonds. The van der Waals surface area contributed by atoms with Crippen LogP contribution in [0.2, 0.25) is 0 Å². The third-order valence-electron chi connectivity index (χ3n) is 5.01. The zero-order chi connectivity index (χ0) is 15.8. The van der Waals surface area contributed by atoms with Crippen LogP contribution in [-0.2, 0) is 9.47 Å². The fourth-order valence-electron chi connectivity index (χ4n) is 3.63. The average Bonchev–Trinajstić information content (AvgIpc) is 2.44. The fraction of sp³-hybridized carbons (Fsp3) is 0.941. The molecule has 0 heterocycles. The highest BCUT2D eigenvalue weighted by molar-refractivity contribution is 5.80. The first kappa shape index (κ1) is 17.5. The van der Waals surface area contributed by atoms with Crippen molar-refractivity contribution in [3.8, 4) is 0 Å². The van der Waals surface area contributed by atoms with E-state index in [4.69, 9.17) is 9.47 Å². The molecule has 5 heteroatoms. The summed E-state index contributed by atoms with van der Waals surface area (Å²) < 4.78 is 11.3. The van der Waals surface area contributed by atoms with Crippen LogP contribution in [0.1, 0.15) is 52.9 Å². The first-order valence-electron chi connectivity index (χ1n) is 9.01. The van der Waals surface area contributed by atoms with E-state index in [0.717, 1.165) is 51.7 Å². The Morgan fingerprint density at radius 1 is 1.23 bits per heavy atom. The van der Waals surface area contributed by atoms with Crippen LogP contribution in [0.25, 0.3) is 0 Å². The quantitative estimate of drug-likeness (QED) is 0.390. The SMILES string of the molecule is CCNC(=NCCCOCC)NC1CC(OCC)C12CCC2. The van der Waals surface area contributed by atoms with Crippen molar-refractivity contribution in [2.75, 3.05) is 32.9 Å². The van der Waals surface area contributed by atoms with Crippen LogP contribution in [-0.4, -0.2) is 51.0 Å². The highest BCUT2D eigenvalue weighted by Crippen LogP contribution is 2.57. The number of aliphatic imine (C=N–C) groups is 1. The van der Waals surface area contributed by atoms with Crippen molar-refractivity contribution in [2.24, 2.45) is 10.4 Å². The van der Waals surface area contributed by atoms with Crippen molar-refractivity contribution < 1.29 is 9.47 Å². The first-order chi connectivity index (χ1) is 10.8. The van der Waals surface area contributed by atoms with Gasteiger partial charge in [-0.05, 0) is 46.5 Å². The van der Waals surface area contributed by atoms with E-state index in [1.807, 2.05) is 6.92 Å². The van der Waals surface area contributed by atoms with E-state index in [2.05, 4.69) is 29.5 Å². The van der Waals surface area contributed by atoms with Crippen LogP contribution in [0.3, 0.4) is 0 Å². The van der Waals surface area contributed by atoms with Gasteiger partial charge < -0.3 is 20.1 Å². The van der Waals surface area contributed by atoms with E-state index in [-0.39, 0.29) is 0 Å². The summed E-state index contributed by atoms with van der Waals surface area (Å²) in [5.41, 5.74) is 0.373. The lowest BCUT2D eigenvalue weighted by Crippen LogP contribution is -2.68. The normalized spacial score (nSPS) is 26.4. The van der Waals surface area contributed by atoms with E-state index >= 15 is 0 Å². The smallest absolute Gasteiger partial charge is 0.191 e. The number of hydrogen-bond acceptors (Lipinski definition) is 3. The maximum absolute atomic E-state index is 5.92. The average molecular weight is 311 g/mol. The van der Waals surface area contributed by atoms with Gasteiger partial charge in [0.1, 0.15) is 0 Å². The van der Waals surface area contributed by atoms with Gasteiger partial charge in [0, 0.05) is 44.4 Å². The lowest BCUT2D eigenvalue weighted by atomic mass is 9.51. The van der Waals surface area contributed by atoms with Crippen molar-refractivity contribution in [3.05, 3.63) is 0 Å². The van der Waals surface area contributed by atoms with E-state index in [0.29, 0.717) is 17.6 Å². The summed E-state index contributed by atoms with van der Waals surface area (Å²) in [6.07, 6.45) is 6.45. The summed E-state index contributed by atoms with van der Waals surface area (Å²) in [4.78, 5) is 4.68. The number of nitrogens with one attached hydrogen (secondary N) is 2. The van der Waals surface area contributed by atoms with Crippen molar-refractivity contribution >= 4 is 5.96 Å². The molecule has 2 rings (SSSR count). The van der Waals surface area contributed by atoms with Gasteiger partial charge in [0.05, 0.1) is 6.10 Å². The van der Waals surface area contributed by atoms with Crippen LogP contribution < -0.4 is 10.6 Å². The van der Waals surface area contributed by atoms with Crippen molar-refractivity contribution in [3.63, 3.8) is 0 Å². The maximum Gasteiger partial charge on any atom is 0.191 e. The Balaban J connectivity index is 1.82. The molecule has 0 aromatic carbocycles. The largest absolute Gasteiger partial charge is 0.382 e. The van der Waals surface area contributed by atoms with E-state index < -0.39 is 0 Å². The summed E-state index contributed by atoms with van der Waals surface area (Å²) >= 11 is 0. The predicted molar refractivity (Wildman–Crippen MR) is 90.3 cm³/mol.